The summed E-state index contributed by atoms with van der Waals surface area (Å²) in [6.07, 6.45) is 0.699. The van der Waals surface area contributed by atoms with Crippen LogP contribution in [0.1, 0.15) is 27.5 Å². The van der Waals surface area contributed by atoms with Crippen molar-refractivity contribution in [2.24, 2.45) is 0 Å². The average Bonchev–Trinajstić information content (AvgIpc) is 2.93. The number of rotatable bonds is 6. The minimum Gasteiger partial charge on any atom is -0.301 e. The second-order valence-corrected chi connectivity index (χ2v) is 8.50. The number of aryl methyl sites for hydroxylation is 3. The van der Waals surface area contributed by atoms with Crippen LogP contribution < -0.4 is 5.32 Å². The molecule has 27 heavy (non-hydrogen) atoms. The highest BCUT2D eigenvalue weighted by Crippen LogP contribution is 2.28. The van der Waals surface area contributed by atoms with Crippen LogP contribution in [-0.4, -0.2) is 26.6 Å². The Bertz CT molecular complexity index is 954. The van der Waals surface area contributed by atoms with Gasteiger partial charge in [0.2, 0.25) is 5.91 Å². The number of thioether (sulfide) groups is 1. The van der Waals surface area contributed by atoms with Crippen LogP contribution in [0.4, 0.5) is 5.13 Å². The van der Waals surface area contributed by atoms with Gasteiger partial charge in [-0.3, -0.25) is 4.79 Å². The van der Waals surface area contributed by atoms with Gasteiger partial charge in [-0.05, 0) is 38.5 Å². The predicted octanol–water partition coefficient (Wildman–Crippen LogP) is 4.83. The van der Waals surface area contributed by atoms with E-state index in [-0.39, 0.29) is 11.7 Å². The van der Waals surface area contributed by atoms with Crippen molar-refractivity contribution in [3.8, 4) is 0 Å². The normalized spacial score (nSPS) is 10.8. The van der Waals surface area contributed by atoms with Crippen LogP contribution >= 0.6 is 34.7 Å². The monoisotopic (exact) mass is 418 g/mol. The fourth-order valence-corrected chi connectivity index (χ4v) is 4.46. The standard InChI is InChI=1S/C19H19ClN4OS2/c1-11-8-12(2)22-18(21-11)26-10-17(25)24-19-23-13(3)16(27-19)9-14-6-4-5-7-15(14)20/h4-8H,9-10H2,1-3H3,(H,23,24,25). The number of aromatic nitrogens is 3. The van der Waals surface area contributed by atoms with Crippen LogP contribution in [0.2, 0.25) is 5.02 Å². The minimum absolute atomic E-state index is 0.124. The maximum absolute atomic E-state index is 12.2. The second kappa shape index (κ2) is 8.82. The third-order valence-electron chi connectivity index (χ3n) is 3.74. The van der Waals surface area contributed by atoms with Crippen LogP contribution in [-0.2, 0) is 11.2 Å². The van der Waals surface area contributed by atoms with Gasteiger partial charge in [0.15, 0.2) is 10.3 Å². The Kier molecular flexibility index (Phi) is 6.46. The summed E-state index contributed by atoms with van der Waals surface area (Å²) in [5.74, 6) is 0.113. The Morgan fingerprint density at radius 1 is 1.15 bits per heavy atom. The molecule has 5 nitrogen and oxygen atoms in total. The van der Waals surface area contributed by atoms with Gasteiger partial charge in [-0.2, -0.15) is 0 Å². The molecule has 3 aromatic rings. The molecule has 0 aliphatic heterocycles. The van der Waals surface area contributed by atoms with Gasteiger partial charge in [0.1, 0.15) is 0 Å². The van der Waals surface area contributed by atoms with E-state index in [1.165, 1.54) is 23.1 Å². The number of hydrogen-bond acceptors (Lipinski definition) is 6. The molecule has 1 N–H and O–H groups in total. The van der Waals surface area contributed by atoms with E-state index in [1.54, 1.807) is 0 Å². The molecule has 0 aliphatic carbocycles. The SMILES string of the molecule is Cc1cc(C)nc(SCC(=O)Nc2nc(C)c(Cc3ccccc3Cl)s2)n1. The first-order valence-electron chi connectivity index (χ1n) is 8.35. The molecule has 0 spiro atoms. The van der Waals surface area contributed by atoms with Crippen molar-refractivity contribution in [2.75, 3.05) is 11.1 Å². The first kappa shape index (κ1) is 19.8. The molecule has 0 aliphatic rings. The van der Waals surface area contributed by atoms with Gasteiger partial charge in [-0.25, -0.2) is 15.0 Å². The number of carbonyl (C=O) groups is 1. The molecule has 3 rings (SSSR count). The van der Waals surface area contributed by atoms with E-state index in [0.717, 1.165) is 32.5 Å². The smallest absolute Gasteiger partial charge is 0.236 e. The van der Waals surface area contributed by atoms with Crippen molar-refractivity contribution in [3.63, 3.8) is 0 Å². The molecule has 140 valence electrons. The first-order valence-corrected chi connectivity index (χ1v) is 10.5. The van der Waals surface area contributed by atoms with E-state index in [2.05, 4.69) is 20.3 Å². The molecule has 0 radical (unpaired) electrons. The van der Waals surface area contributed by atoms with Crippen molar-refractivity contribution < 1.29 is 4.79 Å². The Morgan fingerprint density at radius 3 is 2.56 bits per heavy atom. The maximum atomic E-state index is 12.2. The Morgan fingerprint density at radius 2 is 1.85 bits per heavy atom. The molecule has 0 saturated heterocycles. The Balaban J connectivity index is 1.60. The summed E-state index contributed by atoms with van der Waals surface area (Å²) in [5, 5.41) is 4.81. The number of nitrogens with zero attached hydrogens (tertiary/aromatic N) is 3. The highest BCUT2D eigenvalue weighted by atomic mass is 35.5. The van der Waals surface area contributed by atoms with Gasteiger partial charge in [0.05, 0.1) is 11.4 Å². The van der Waals surface area contributed by atoms with Crippen LogP contribution in [0.25, 0.3) is 0 Å². The van der Waals surface area contributed by atoms with E-state index in [0.29, 0.717) is 16.7 Å². The number of anilines is 1. The summed E-state index contributed by atoms with van der Waals surface area (Å²) < 4.78 is 0. The van der Waals surface area contributed by atoms with E-state index >= 15 is 0 Å². The van der Waals surface area contributed by atoms with Gasteiger partial charge in [0, 0.05) is 27.7 Å². The van der Waals surface area contributed by atoms with Crippen molar-refractivity contribution in [1.82, 2.24) is 15.0 Å². The van der Waals surface area contributed by atoms with E-state index in [9.17, 15) is 4.79 Å². The molecule has 0 unspecified atom stereocenters. The third-order valence-corrected chi connectivity index (χ3v) is 6.03. The van der Waals surface area contributed by atoms with Crippen LogP contribution in [0, 0.1) is 20.8 Å². The topological polar surface area (TPSA) is 67.8 Å². The molecular formula is C19H19ClN4OS2. The number of benzene rings is 1. The van der Waals surface area contributed by atoms with E-state index in [4.69, 9.17) is 11.6 Å². The van der Waals surface area contributed by atoms with E-state index < -0.39 is 0 Å². The molecule has 8 heteroatoms. The summed E-state index contributed by atoms with van der Waals surface area (Å²) in [6, 6.07) is 9.66. The second-order valence-electron chi connectivity index (χ2n) is 6.07. The molecule has 1 amide bonds. The fraction of sp³-hybridized carbons (Fsp3) is 0.263. The summed E-state index contributed by atoms with van der Waals surface area (Å²) in [7, 11) is 0. The van der Waals surface area contributed by atoms with Gasteiger partial charge in [0.25, 0.3) is 0 Å². The molecule has 0 fully saturated rings. The van der Waals surface area contributed by atoms with Crippen molar-refractivity contribution in [1.29, 1.82) is 0 Å². The molecule has 0 atom stereocenters. The van der Waals surface area contributed by atoms with Gasteiger partial charge >= 0.3 is 0 Å². The van der Waals surface area contributed by atoms with Crippen molar-refractivity contribution in [3.05, 3.63) is 62.9 Å². The largest absolute Gasteiger partial charge is 0.301 e. The zero-order valence-electron chi connectivity index (χ0n) is 15.2. The lowest BCUT2D eigenvalue weighted by molar-refractivity contribution is -0.113. The summed E-state index contributed by atoms with van der Waals surface area (Å²) in [4.78, 5) is 26.5. The lowest BCUT2D eigenvalue weighted by Crippen LogP contribution is -2.14. The van der Waals surface area contributed by atoms with Crippen molar-refractivity contribution >= 4 is 45.7 Å². The number of hydrogen-bond donors (Lipinski definition) is 1. The van der Waals surface area contributed by atoms with Crippen LogP contribution in [0.3, 0.4) is 0 Å². The summed E-state index contributed by atoms with van der Waals surface area (Å²) >= 11 is 9.03. The van der Waals surface area contributed by atoms with Crippen LogP contribution in [0.5, 0.6) is 0 Å². The zero-order chi connectivity index (χ0) is 19.4. The minimum atomic E-state index is -0.124. The van der Waals surface area contributed by atoms with Gasteiger partial charge in [-0.1, -0.05) is 41.6 Å². The first-order chi connectivity index (χ1) is 12.9. The Hall–Kier alpha value is -1.96. The number of nitrogens with one attached hydrogen (secondary N) is 1. The predicted molar refractivity (Wildman–Crippen MR) is 112 cm³/mol. The summed E-state index contributed by atoms with van der Waals surface area (Å²) in [6.45, 7) is 5.77. The third kappa shape index (κ3) is 5.51. The molecule has 2 aromatic heterocycles. The maximum Gasteiger partial charge on any atom is 0.236 e. The van der Waals surface area contributed by atoms with E-state index in [1.807, 2.05) is 51.1 Å². The number of amides is 1. The molecule has 0 saturated carbocycles. The highest BCUT2D eigenvalue weighted by Gasteiger charge is 2.13. The molecule has 0 bridgehead atoms. The molecule has 1 aromatic carbocycles. The number of carbonyl (C=O) groups excluding carboxylic acids is 1. The van der Waals surface area contributed by atoms with Crippen LogP contribution in [0.15, 0.2) is 35.5 Å². The lowest BCUT2D eigenvalue weighted by atomic mass is 10.1. The molecule has 2 heterocycles. The quantitative estimate of drug-likeness (QED) is 0.458. The lowest BCUT2D eigenvalue weighted by Gasteiger charge is -2.03. The number of thiazole rings is 1. The van der Waals surface area contributed by atoms with Crippen molar-refractivity contribution in [2.45, 2.75) is 32.3 Å². The average molecular weight is 419 g/mol. The van der Waals surface area contributed by atoms with Gasteiger partial charge < -0.3 is 5.32 Å². The molecular weight excluding hydrogens is 400 g/mol. The summed E-state index contributed by atoms with van der Waals surface area (Å²) in [5.41, 5.74) is 3.74. The fourth-order valence-electron chi connectivity index (χ4n) is 2.50. The Labute approximate surface area is 171 Å². The zero-order valence-corrected chi connectivity index (χ0v) is 17.6. The number of halogens is 1. The highest BCUT2D eigenvalue weighted by molar-refractivity contribution is 7.99. The van der Waals surface area contributed by atoms with Gasteiger partial charge in [-0.15, -0.1) is 11.3 Å².